The maximum atomic E-state index is 12.8. The van der Waals surface area contributed by atoms with Gasteiger partial charge in [0.25, 0.3) is 0 Å². The predicted octanol–water partition coefficient (Wildman–Crippen LogP) is 2.13. The van der Waals surface area contributed by atoms with E-state index in [1.807, 2.05) is 0 Å². The molecule has 0 radical (unpaired) electrons. The van der Waals surface area contributed by atoms with Gasteiger partial charge in [-0.15, -0.1) is 11.8 Å². The number of hydrogen-bond acceptors (Lipinski definition) is 5. The van der Waals surface area contributed by atoms with Gasteiger partial charge in [-0.05, 0) is 24.3 Å². The first kappa shape index (κ1) is 14.5. The highest BCUT2D eigenvalue weighted by Crippen LogP contribution is 2.22. The van der Waals surface area contributed by atoms with E-state index in [4.69, 9.17) is 15.3 Å². The van der Waals surface area contributed by atoms with Crippen LogP contribution in [0.5, 0.6) is 0 Å². The Hall–Kier alpha value is -1.86. The Kier molecular flexibility index (Phi) is 4.75. The number of halogens is 1. The van der Waals surface area contributed by atoms with E-state index >= 15 is 0 Å². The Labute approximate surface area is 119 Å². The molecule has 0 aliphatic carbocycles. The van der Waals surface area contributed by atoms with Gasteiger partial charge in [0.15, 0.2) is 5.76 Å². The molecule has 1 aromatic heterocycles. The maximum absolute atomic E-state index is 12.8. The van der Waals surface area contributed by atoms with Gasteiger partial charge >= 0.3 is 5.97 Å². The average Bonchev–Trinajstić information content (AvgIpc) is 2.88. The molecule has 0 bridgehead atoms. The van der Waals surface area contributed by atoms with Gasteiger partial charge in [-0.1, -0.05) is 0 Å². The zero-order valence-electron chi connectivity index (χ0n) is 10.5. The summed E-state index contributed by atoms with van der Waals surface area (Å²) in [6.45, 7) is 0. The lowest BCUT2D eigenvalue weighted by Gasteiger charge is -2.03. The lowest BCUT2D eigenvalue weighted by Crippen LogP contribution is -2.32. The molecule has 1 heterocycles. The summed E-state index contributed by atoms with van der Waals surface area (Å²) in [4.78, 5) is 14.6. The highest BCUT2D eigenvalue weighted by Gasteiger charge is 2.12. The van der Waals surface area contributed by atoms with Crippen LogP contribution < -0.4 is 5.73 Å². The first-order chi connectivity index (χ1) is 9.56. The van der Waals surface area contributed by atoms with Crippen molar-refractivity contribution in [1.82, 2.24) is 4.98 Å². The van der Waals surface area contributed by atoms with Gasteiger partial charge in [-0.3, -0.25) is 4.79 Å². The van der Waals surface area contributed by atoms with Gasteiger partial charge in [0.05, 0.1) is 11.9 Å². The third kappa shape index (κ3) is 3.82. The second kappa shape index (κ2) is 6.53. The van der Waals surface area contributed by atoms with Crippen molar-refractivity contribution in [3.8, 4) is 11.3 Å². The van der Waals surface area contributed by atoms with Crippen LogP contribution in [0.3, 0.4) is 0 Å². The number of hydrogen-bond donors (Lipinski definition) is 2. The molecule has 7 heteroatoms. The van der Waals surface area contributed by atoms with Crippen LogP contribution in [0.1, 0.15) is 5.89 Å². The molecule has 1 aromatic carbocycles. The summed E-state index contributed by atoms with van der Waals surface area (Å²) >= 11 is 1.33. The number of rotatable bonds is 6. The zero-order chi connectivity index (χ0) is 14.5. The Bertz CT molecular complexity index is 586. The summed E-state index contributed by atoms with van der Waals surface area (Å²) in [6.07, 6.45) is 1.56. The molecule has 2 rings (SSSR count). The van der Waals surface area contributed by atoms with E-state index in [2.05, 4.69) is 4.98 Å². The zero-order valence-corrected chi connectivity index (χ0v) is 11.3. The molecule has 0 fully saturated rings. The minimum absolute atomic E-state index is 0.281. The SMILES string of the molecule is N[C@@H](CSCc1ncc(-c2ccc(F)cc2)o1)C(=O)O. The first-order valence-corrected chi connectivity index (χ1v) is 6.98. The maximum Gasteiger partial charge on any atom is 0.321 e. The van der Waals surface area contributed by atoms with Crippen molar-refractivity contribution in [3.63, 3.8) is 0 Å². The summed E-state index contributed by atoms with van der Waals surface area (Å²) in [5, 5.41) is 8.65. The van der Waals surface area contributed by atoms with Gasteiger partial charge in [-0.25, -0.2) is 9.37 Å². The summed E-state index contributed by atoms with van der Waals surface area (Å²) in [7, 11) is 0. The monoisotopic (exact) mass is 296 g/mol. The molecular formula is C13H13FN2O3S. The smallest absolute Gasteiger partial charge is 0.321 e. The van der Waals surface area contributed by atoms with Crippen LogP contribution in [0, 0.1) is 5.82 Å². The van der Waals surface area contributed by atoms with Gasteiger partial charge in [0.1, 0.15) is 11.9 Å². The first-order valence-electron chi connectivity index (χ1n) is 5.83. The van der Waals surface area contributed by atoms with Crippen molar-refractivity contribution in [2.24, 2.45) is 5.73 Å². The molecule has 0 aliphatic heterocycles. The Balaban J connectivity index is 1.92. The predicted molar refractivity (Wildman–Crippen MR) is 73.7 cm³/mol. The lowest BCUT2D eigenvalue weighted by atomic mass is 10.2. The number of carbonyl (C=O) groups is 1. The molecule has 0 saturated carbocycles. The van der Waals surface area contributed by atoms with Crippen molar-refractivity contribution in [1.29, 1.82) is 0 Å². The van der Waals surface area contributed by atoms with Crippen LogP contribution in [-0.2, 0) is 10.5 Å². The van der Waals surface area contributed by atoms with Crippen LogP contribution in [-0.4, -0.2) is 27.9 Å². The molecule has 0 saturated heterocycles. The van der Waals surface area contributed by atoms with E-state index in [9.17, 15) is 9.18 Å². The molecule has 2 aromatic rings. The fourth-order valence-corrected chi connectivity index (χ4v) is 2.29. The van der Waals surface area contributed by atoms with Crippen LogP contribution in [0.2, 0.25) is 0 Å². The molecule has 0 amide bonds. The highest BCUT2D eigenvalue weighted by molar-refractivity contribution is 7.98. The fraction of sp³-hybridized carbons (Fsp3) is 0.231. The standard InChI is InChI=1S/C13H13FN2O3S/c14-9-3-1-8(2-4-9)11-5-16-12(19-11)7-20-6-10(15)13(17)18/h1-5,10H,6-7,15H2,(H,17,18)/t10-/m0/s1. The second-order valence-corrected chi connectivity index (χ2v) is 5.12. The number of carboxylic acids is 1. The summed E-state index contributed by atoms with van der Waals surface area (Å²) in [5.74, 6) is 0.393. The van der Waals surface area contributed by atoms with E-state index in [-0.39, 0.29) is 11.6 Å². The van der Waals surface area contributed by atoms with E-state index in [1.54, 1.807) is 18.3 Å². The van der Waals surface area contributed by atoms with Crippen LogP contribution >= 0.6 is 11.8 Å². The number of oxazole rings is 1. The summed E-state index contributed by atoms with van der Waals surface area (Å²) < 4.78 is 18.3. The minimum atomic E-state index is -1.03. The third-order valence-corrected chi connectivity index (χ3v) is 3.57. The molecule has 1 atom stereocenters. The molecule has 5 nitrogen and oxygen atoms in total. The minimum Gasteiger partial charge on any atom is -0.480 e. The fourth-order valence-electron chi connectivity index (χ4n) is 1.47. The number of nitrogens with zero attached hydrogens (tertiary/aromatic N) is 1. The normalized spacial score (nSPS) is 12.3. The molecule has 3 N–H and O–H groups in total. The van der Waals surface area contributed by atoms with E-state index in [0.717, 1.165) is 5.56 Å². The molecule has 106 valence electrons. The largest absolute Gasteiger partial charge is 0.480 e. The topological polar surface area (TPSA) is 89.4 Å². The Morgan fingerprint density at radius 1 is 1.45 bits per heavy atom. The number of thioether (sulfide) groups is 1. The van der Waals surface area contributed by atoms with Crippen molar-refractivity contribution in [3.05, 3.63) is 42.2 Å². The van der Waals surface area contributed by atoms with Crippen molar-refractivity contribution in [2.45, 2.75) is 11.8 Å². The summed E-state index contributed by atoms with van der Waals surface area (Å²) in [5.41, 5.74) is 6.12. The van der Waals surface area contributed by atoms with Gasteiger partial charge < -0.3 is 15.3 Å². The number of nitrogens with two attached hydrogens (primary N) is 1. The van der Waals surface area contributed by atoms with Crippen molar-refractivity contribution >= 4 is 17.7 Å². The van der Waals surface area contributed by atoms with Gasteiger partial charge in [0, 0.05) is 11.3 Å². The van der Waals surface area contributed by atoms with Crippen molar-refractivity contribution < 1.29 is 18.7 Å². The van der Waals surface area contributed by atoms with Crippen LogP contribution in [0.25, 0.3) is 11.3 Å². The number of aromatic nitrogens is 1. The molecule has 20 heavy (non-hydrogen) atoms. The highest BCUT2D eigenvalue weighted by atomic mass is 32.2. The Morgan fingerprint density at radius 3 is 2.80 bits per heavy atom. The molecule has 0 unspecified atom stereocenters. The second-order valence-electron chi connectivity index (χ2n) is 4.09. The van der Waals surface area contributed by atoms with Crippen LogP contribution in [0.15, 0.2) is 34.9 Å². The molecule has 0 aliphatic rings. The van der Waals surface area contributed by atoms with Crippen molar-refractivity contribution in [2.75, 3.05) is 5.75 Å². The quantitative estimate of drug-likeness (QED) is 0.848. The lowest BCUT2D eigenvalue weighted by molar-refractivity contribution is -0.137. The number of aliphatic carboxylic acids is 1. The molecule has 0 spiro atoms. The van der Waals surface area contributed by atoms with Crippen LogP contribution in [0.4, 0.5) is 4.39 Å². The van der Waals surface area contributed by atoms with E-state index < -0.39 is 12.0 Å². The number of carboxylic acid groups (broad SMARTS) is 1. The summed E-state index contributed by atoms with van der Waals surface area (Å²) in [6, 6.07) is 5.00. The average molecular weight is 296 g/mol. The molecular weight excluding hydrogens is 283 g/mol. The van der Waals surface area contributed by atoms with E-state index in [1.165, 1.54) is 23.9 Å². The van der Waals surface area contributed by atoms with Gasteiger partial charge in [0.2, 0.25) is 5.89 Å². The Morgan fingerprint density at radius 2 is 2.15 bits per heavy atom. The van der Waals surface area contributed by atoms with Gasteiger partial charge in [-0.2, -0.15) is 0 Å². The van der Waals surface area contributed by atoms with E-state index in [0.29, 0.717) is 17.4 Å². The number of benzene rings is 1. The third-order valence-electron chi connectivity index (χ3n) is 2.52.